The summed E-state index contributed by atoms with van der Waals surface area (Å²) in [6.07, 6.45) is 2.97. The molecule has 0 saturated carbocycles. The van der Waals surface area contributed by atoms with Crippen LogP contribution in [0.4, 0.5) is 0 Å². The summed E-state index contributed by atoms with van der Waals surface area (Å²) in [7, 11) is 0. The van der Waals surface area contributed by atoms with E-state index < -0.39 is 0 Å². The molecule has 0 N–H and O–H groups in total. The van der Waals surface area contributed by atoms with Gasteiger partial charge >= 0.3 is 0 Å². The van der Waals surface area contributed by atoms with E-state index in [0.29, 0.717) is 36.8 Å². The lowest BCUT2D eigenvalue weighted by molar-refractivity contribution is -0.107. The largest absolute Gasteiger partial charge is 0.486 e. The van der Waals surface area contributed by atoms with Gasteiger partial charge in [0.05, 0.1) is 5.02 Å². The Balaban J connectivity index is 2.45. The molecule has 0 bridgehead atoms. The van der Waals surface area contributed by atoms with Crippen LogP contribution in [0.5, 0.6) is 11.5 Å². The van der Waals surface area contributed by atoms with Crippen molar-refractivity contribution in [2.75, 3.05) is 13.2 Å². The summed E-state index contributed by atoms with van der Waals surface area (Å²) < 4.78 is 11.2. The first-order chi connectivity index (χ1) is 8.27. The van der Waals surface area contributed by atoms with Crippen molar-refractivity contribution in [3.05, 3.63) is 22.2 Å². The van der Waals surface area contributed by atoms with Crippen molar-refractivity contribution in [2.24, 2.45) is 0 Å². The Hall–Kier alpha value is -1.22. The molecule has 0 unspecified atom stereocenters. The zero-order valence-corrected chi connectivity index (χ0v) is 10.5. The second-order valence-corrected chi connectivity index (χ2v) is 4.32. The molecule has 92 valence electrons. The molecule has 3 nitrogen and oxygen atoms in total. The number of aryl methyl sites for hydroxylation is 1. The summed E-state index contributed by atoms with van der Waals surface area (Å²) in [5.74, 6) is 1.40. The number of carbonyl (C=O) groups excluding carboxylic acids is 1. The van der Waals surface area contributed by atoms with Gasteiger partial charge in [0.25, 0.3) is 0 Å². The molecule has 0 atom stereocenters. The van der Waals surface area contributed by atoms with Crippen molar-refractivity contribution in [2.45, 2.75) is 26.2 Å². The minimum atomic E-state index is 0.503. The summed E-state index contributed by atoms with van der Waals surface area (Å²) >= 11 is 6.16. The fourth-order valence-corrected chi connectivity index (χ4v) is 2.37. The molecular weight excluding hydrogens is 240 g/mol. The quantitative estimate of drug-likeness (QED) is 0.775. The monoisotopic (exact) mass is 254 g/mol. The predicted octanol–water partition coefficient (Wildman–Crippen LogP) is 2.81. The van der Waals surface area contributed by atoms with E-state index in [1.165, 1.54) is 0 Å². The number of hydrogen-bond acceptors (Lipinski definition) is 3. The maximum atomic E-state index is 10.5. The van der Waals surface area contributed by atoms with E-state index in [4.69, 9.17) is 21.1 Å². The number of aldehydes is 1. The lowest BCUT2D eigenvalue weighted by Crippen LogP contribution is -2.17. The van der Waals surface area contributed by atoms with Crippen LogP contribution < -0.4 is 9.47 Å². The van der Waals surface area contributed by atoms with E-state index in [1.54, 1.807) is 0 Å². The van der Waals surface area contributed by atoms with Crippen molar-refractivity contribution in [3.63, 3.8) is 0 Å². The molecule has 1 aliphatic heterocycles. The molecule has 1 aromatic rings. The number of carbonyl (C=O) groups is 1. The number of hydrogen-bond donors (Lipinski definition) is 0. The van der Waals surface area contributed by atoms with Gasteiger partial charge in [-0.15, -0.1) is 0 Å². The third-order valence-electron chi connectivity index (χ3n) is 2.85. The lowest BCUT2D eigenvalue weighted by Gasteiger charge is -2.23. The van der Waals surface area contributed by atoms with Crippen LogP contribution in [0.1, 0.15) is 24.5 Å². The van der Waals surface area contributed by atoms with Gasteiger partial charge in [-0.2, -0.15) is 0 Å². The first-order valence-electron chi connectivity index (χ1n) is 5.81. The van der Waals surface area contributed by atoms with Crippen molar-refractivity contribution in [1.29, 1.82) is 0 Å². The molecule has 0 saturated heterocycles. The minimum absolute atomic E-state index is 0.503. The van der Waals surface area contributed by atoms with Crippen LogP contribution in [-0.4, -0.2) is 19.5 Å². The van der Waals surface area contributed by atoms with E-state index in [2.05, 4.69) is 6.92 Å². The lowest BCUT2D eigenvalue weighted by atomic mass is 9.99. The molecule has 0 aromatic heterocycles. The molecule has 17 heavy (non-hydrogen) atoms. The Bertz CT molecular complexity index is 429. The zero-order chi connectivity index (χ0) is 12.3. The van der Waals surface area contributed by atoms with E-state index >= 15 is 0 Å². The second-order valence-electron chi connectivity index (χ2n) is 3.91. The molecule has 0 amide bonds. The molecular formula is C13H15ClO3. The Kier molecular flexibility index (Phi) is 3.89. The SMILES string of the molecule is CCc1c(CCC=O)cc(Cl)c2c1OCCO2. The second kappa shape index (κ2) is 5.41. The highest BCUT2D eigenvalue weighted by molar-refractivity contribution is 6.32. The van der Waals surface area contributed by atoms with Gasteiger partial charge < -0.3 is 14.3 Å². The molecule has 1 aromatic carbocycles. The van der Waals surface area contributed by atoms with Gasteiger partial charge in [-0.3, -0.25) is 0 Å². The fourth-order valence-electron chi connectivity index (χ4n) is 2.10. The van der Waals surface area contributed by atoms with Gasteiger partial charge in [-0.1, -0.05) is 18.5 Å². The van der Waals surface area contributed by atoms with Gasteiger partial charge in [0.2, 0.25) is 0 Å². The topological polar surface area (TPSA) is 35.5 Å². The summed E-state index contributed by atoms with van der Waals surface area (Å²) in [6, 6.07) is 1.89. The number of fused-ring (bicyclic) bond motifs is 1. The predicted molar refractivity (Wildman–Crippen MR) is 66.2 cm³/mol. The first-order valence-corrected chi connectivity index (χ1v) is 6.19. The van der Waals surface area contributed by atoms with Crippen molar-refractivity contribution in [3.8, 4) is 11.5 Å². The zero-order valence-electron chi connectivity index (χ0n) is 9.79. The van der Waals surface area contributed by atoms with Gasteiger partial charge in [-0.05, 0) is 24.5 Å². The maximum Gasteiger partial charge on any atom is 0.180 e. The number of rotatable bonds is 4. The standard InChI is InChI=1S/C13H15ClO3/c1-2-10-9(4-3-5-15)8-11(14)13-12(10)16-6-7-17-13/h5,8H,2-4,6-7H2,1H3. The van der Waals surface area contributed by atoms with Crippen molar-refractivity contribution < 1.29 is 14.3 Å². The molecule has 1 aliphatic rings. The van der Waals surface area contributed by atoms with Gasteiger partial charge in [0, 0.05) is 12.0 Å². The first kappa shape index (κ1) is 12.2. The summed E-state index contributed by atoms with van der Waals surface area (Å²) in [6.45, 7) is 3.14. The highest BCUT2D eigenvalue weighted by Crippen LogP contribution is 2.42. The maximum absolute atomic E-state index is 10.5. The summed E-state index contributed by atoms with van der Waals surface area (Å²) in [4.78, 5) is 10.5. The third kappa shape index (κ3) is 2.39. The fraction of sp³-hybridized carbons (Fsp3) is 0.462. The van der Waals surface area contributed by atoms with Crippen LogP contribution >= 0.6 is 11.6 Å². The van der Waals surface area contributed by atoms with E-state index in [1.807, 2.05) is 6.07 Å². The average Bonchev–Trinajstić information content (AvgIpc) is 2.36. The van der Waals surface area contributed by atoms with E-state index in [-0.39, 0.29) is 0 Å². The van der Waals surface area contributed by atoms with E-state index in [0.717, 1.165) is 29.6 Å². The van der Waals surface area contributed by atoms with Crippen LogP contribution in [0.3, 0.4) is 0 Å². The van der Waals surface area contributed by atoms with Crippen LogP contribution in [0.2, 0.25) is 5.02 Å². The number of benzene rings is 1. The summed E-state index contributed by atoms with van der Waals surface area (Å²) in [5, 5.41) is 0.567. The normalized spacial score (nSPS) is 13.5. The molecule has 0 spiro atoms. The molecule has 4 heteroatoms. The average molecular weight is 255 g/mol. The molecule has 0 aliphatic carbocycles. The van der Waals surface area contributed by atoms with E-state index in [9.17, 15) is 4.79 Å². The van der Waals surface area contributed by atoms with Crippen molar-refractivity contribution in [1.82, 2.24) is 0 Å². The van der Waals surface area contributed by atoms with Crippen LogP contribution in [0.15, 0.2) is 6.07 Å². The Morgan fingerprint density at radius 3 is 2.71 bits per heavy atom. The van der Waals surface area contributed by atoms with Gasteiger partial charge in [0.1, 0.15) is 19.5 Å². The Morgan fingerprint density at radius 2 is 2.06 bits per heavy atom. The molecule has 2 rings (SSSR count). The van der Waals surface area contributed by atoms with Crippen molar-refractivity contribution >= 4 is 17.9 Å². The van der Waals surface area contributed by atoms with Gasteiger partial charge in [0.15, 0.2) is 11.5 Å². The minimum Gasteiger partial charge on any atom is -0.486 e. The highest BCUT2D eigenvalue weighted by Gasteiger charge is 2.21. The van der Waals surface area contributed by atoms with Crippen LogP contribution in [0, 0.1) is 0 Å². The summed E-state index contributed by atoms with van der Waals surface area (Å²) in [5.41, 5.74) is 2.18. The highest BCUT2D eigenvalue weighted by atomic mass is 35.5. The molecule has 1 heterocycles. The number of halogens is 1. The number of ether oxygens (including phenoxy) is 2. The third-order valence-corrected chi connectivity index (χ3v) is 3.13. The Labute approximate surface area is 106 Å². The molecule has 0 fully saturated rings. The Morgan fingerprint density at radius 1 is 1.35 bits per heavy atom. The van der Waals surface area contributed by atoms with Crippen LogP contribution in [-0.2, 0) is 17.6 Å². The van der Waals surface area contributed by atoms with Gasteiger partial charge in [-0.25, -0.2) is 0 Å². The van der Waals surface area contributed by atoms with Crippen LogP contribution in [0.25, 0.3) is 0 Å². The molecule has 0 radical (unpaired) electrons. The smallest absolute Gasteiger partial charge is 0.180 e.